The molecule has 126 valence electrons. The molecule has 8 nitrogen and oxygen atoms in total. The first-order valence-corrected chi connectivity index (χ1v) is 7.18. The molecule has 2 rings (SSSR count). The van der Waals surface area contributed by atoms with Crippen LogP contribution in [-0.4, -0.2) is 91.6 Å². The molecule has 0 aromatic heterocycles. The molecule has 0 fully saturated rings. The van der Waals surface area contributed by atoms with Crippen LogP contribution in [0.3, 0.4) is 0 Å². The van der Waals surface area contributed by atoms with Crippen molar-refractivity contribution in [2.24, 2.45) is 0 Å². The summed E-state index contributed by atoms with van der Waals surface area (Å²) in [4.78, 5) is 0. The maximum atomic E-state index is 10.0. The summed E-state index contributed by atoms with van der Waals surface area (Å²) in [6.07, 6.45) is -3.09. The minimum absolute atomic E-state index is 0.162. The van der Waals surface area contributed by atoms with Crippen LogP contribution in [0.4, 0.5) is 0 Å². The molecule has 0 saturated carbocycles. The Morgan fingerprint density at radius 1 is 0.864 bits per heavy atom. The SMILES string of the molecule is OCC1=C[C@H](N[C@H]2C=C(CO)[C@@H](O)[C@H](O)C2)[C@H](O)[C@@H](O)[C@@H]1O. The summed E-state index contributed by atoms with van der Waals surface area (Å²) in [6.45, 7) is -0.852. The van der Waals surface area contributed by atoms with Crippen LogP contribution in [0.15, 0.2) is 23.3 Å². The van der Waals surface area contributed by atoms with Crippen LogP contribution in [-0.2, 0) is 0 Å². The number of nitrogens with one attached hydrogen (secondary N) is 1. The Kier molecular flexibility index (Phi) is 5.70. The zero-order chi connectivity index (χ0) is 16.4. The van der Waals surface area contributed by atoms with Gasteiger partial charge in [-0.25, -0.2) is 0 Å². The Bertz CT molecular complexity index is 452. The molecule has 0 bridgehead atoms. The van der Waals surface area contributed by atoms with Gasteiger partial charge in [0.05, 0.1) is 25.4 Å². The maximum absolute atomic E-state index is 10.0. The Balaban J connectivity index is 2.15. The third kappa shape index (κ3) is 3.39. The molecule has 2 aliphatic rings. The molecule has 0 unspecified atom stereocenters. The Hall–Kier alpha value is -0.840. The van der Waals surface area contributed by atoms with E-state index in [-0.39, 0.29) is 17.6 Å². The van der Waals surface area contributed by atoms with E-state index in [1.165, 1.54) is 6.08 Å². The maximum Gasteiger partial charge on any atom is 0.111 e. The van der Waals surface area contributed by atoms with Gasteiger partial charge in [-0.2, -0.15) is 0 Å². The highest BCUT2D eigenvalue weighted by molar-refractivity contribution is 5.24. The molecule has 8 heteroatoms. The number of aliphatic hydroxyl groups excluding tert-OH is 7. The van der Waals surface area contributed by atoms with Gasteiger partial charge >= 0.3 is 0 Å². The van der Waals surface area contributed by atoms with Gasteiger partial charge in [-0.1, -0.05) is 12.2 Å². The van der Waals surface area contributed by atoms with Crippen molar-refractivity contribution in [1.29, 1.82) is 0 Å². The van der Waals surface area contributed by atoms with Gasteiger partial charge in [-0.3, -0.25) is 0 Å². The Morgan fingerprint density at radius 2 is 1.45 bits per heavy atom. The average Bonchev–Trinajstić information content (AvgIpc) is 2.51. The first kappa shape index (κ1) is 17.5. The van der Waals surface area contributed by atoms with Crippen LogP contribution in [0.1, 0.15) is 6.42 Å². The Morgan fingerprint density at radius 3 is 2.05 bits per heavy atom. The minimum atomic E-state index is -1.44. The van der Waals surface area contributed by atoms with Crippen molar-refractivity contribution >= 4 is 0 Å². The van der Waals surface area contributed by atoms with E-state index in [1.54, 1.807) is 6.08 Å². The van der Waals surface area contributed by atoms with Gasteiger partial charge in [0.1, 0.15) is 24.4 Å². The second-order valence-corrected chi connectivity index (χ2v) is 5.77. The van der Waals surface area contributed by atoms with Crippen LogP contribution in [0.2, 0.25) is 0 Å². The summed E-state index contributed by atoms with van der Waals surface area (Å²) >= 11 is 0. The summed E-state index contributed by atoms with van der Waals surface area (Å²) < 4.78 is 0. The van der Waals surface area contributed by atoms with E-state index in [1.807, 2.05) is 0 Å². The van der Waals surface area contributed by atoms with Crippen molar-refractivity contribution in [3.8, 4) is 0 Å². The van der Waals surface area contributed by atoms with E-state index in [9.17, 15) is 35.7 Å². The van der Waals surface area contributed by atoms with Crippen LogP contribution in [0.5, 0.6) is 0 Å². The fourth-order valence-corrected chi connectivity index (χ4v) is 2.91. The summed E-state index contributed by atoms with van der Waals surface area (Å²) in [5.41, 5.74) is 0.464. The van der Waals surface area contributed by atoms with E-state index >= 15 is 0 Å². The number of hydrogen-bond donors (Lipinski definition) is 8. The Labute approximate surface area is 127 Å². The number of rotatable bonds is 4. The topological polar surface area (TPSA) is 154 Å². The highest BCUT2D eigenvalue weighted by Gasteiger charge is 2.38. The van der Waals surface area contributed by atoms with Crippen LogP contribution >= 0.6 is 0 Å². The van der Waals surface area contributed by atoms with Crippen molar-refractivity contribution in [1.82, 2.24) is 5.32 Å². The molecule has 0 heterocycles. The average molecular weight is 317 g/mol. The van der Waals surface area contributed by atoms with E-state index in [0.717, 1.165) is 0 Å². The minimum Gasteiger partial charge on any atom is -0.392 e. The van der Waals surface area contributed by atoms with Gasteiger partial charge < -0.3 is 41.1 Å². The van der Waals surface area contributed by atoms with Crippen molar-refractivity contribution < 1.29 is 35.7 Å². The molecular weight excluding hydrogens is 294 g/mol. The largest absolute Gasteiger partial charge is 0.392 e. The molecule has 8 N–H and O–H groups in total. The molecule has 0 aromatic rings. The molecule has 0 amide bonds. The van der Waals surface area contributed by atoms with Crippen LogP contribution in [0, 0.1) is 0 Å². The van der Waals surface area contributed by atoms with Crippen LogP contribution in [0.25, 0.3) is 0 Å². The molecule has 22 heavy (non-hydrogen) atoms. The van der Waals surface area contributed by atoms with Gasteiger partial charge in [-0.05, 0) is 17.6 Å². The van der Waals surface area contributed by atoms with Crippen molar-refractivity contribution in [2.45, 2.75) is 49.0 Å². The third-order valence-electron chi connectivity index (χ3n) is 4.24. The monoisotopic (exact) mass is 317 g/mol. The smallest absolute Gasteiger partial charge is 0.111 e. The lowest BCUT2D eigenvalue weighted by Gasteiger charge is -2.38. The quantitative estimate of drug-likeness (QED) is 0.247. The molecule has 0 aliphatic heterocycles. The zero-order valence-electron chi connectivity index (χ0n) is 11.9. The van der Waals surface area contributed by atoms with E-state index in [4.69, 9.17) is 0 Å². The van der Waals surface area contributed by atoms with Gasteiger partial charge in [0.25, 0.3) is 0 Å². The highest BCUT2D eigenvalue weighted by atomic mass is 16.4. The van der Waals surface area contributed by atoms with Crippen molar-refractivity contribution in [2.75, 3.05) is 13.2 Å². The predicted octanol–water partition coefficient (Wildman–Crippen LogP) is -3.63. The van der Waals surface area contributed by atoms with E-state index in [2.05, 4.69) is 5.32 Å². The highest BCUT2D eigenvalue weighted by Crippen LogP contribution is 2.24. The van der Waals surface area contributed by atoms with Gasteiger partial charge in [0.2, 0.25) is 0 Å². The number of hydrogen-bond acceptors (Lipinski definition) is 8. The van der Waals surface area contributed by atoms with E-state index in [0.29, 0.717) is 0 Å². The summed E-state index contributed by atoms with van der Waals surface area (Å²) in [5, 5.41) is 70.3. The second kappa shape index (κ2) is 7.16. The molecular formula is C14H23NO7. The molecule has 0 aromatic carbocycles. The fraction of sp³-hybridized carbons (Fsp3) is 0.714. The van der Waals surface area contributed by atoms with Gasteiger partial charge in [-0.15, -0.1) is 0 Å². The third-order valence-corrected chi connectivity index (χ3v) is 4.24. The summed E-state index contributed by atoms with van der Waals surface area (Å²) in [6, 6.07) is -1.19. The van der Waals surface area contributed by atoms with Crippen LogP contribution < -0.4 is 5.32 Å². The molecule has 0 spiro atoms. The molecule has 0 saturated heterocycles. The first-order chi connectivity index (χ1) is 10.4. The summed E-state index contributed by atoms with van der Waals surface area (Å²) in [7, 11) is 0. The normalized spacial score (nSPS) is 42.8. The number of aliphatic hydroxyl groups is 7. The second-order valence-electron chi connectivity index (χ2n) is 5.77. The lowest BCUT2D eigenvalue weighted by atomic mass is 9.86. The van der Waals surface area contributed by atoms with E-state index < -0.39 is 55.8 Å². The lowest BCUT2D eigenvalue weighted by Crippen LogP contribution is -2.57. The van der Waals surface area contributed by atoms with Gasteiger partial charge in [0.15, 0.2) is 0 Å². The van der Waals surface area contributed by atoms with Crippen molar-refractivity contribution in [3.05, 3.63) is 23.3 Å². The summed E-state index contributed by atoms with van der Waals surface area (Å²) in [5.74, 6) is 0. The fourth-order valence-electron chi connectivity index (χ4n) is 2.91. The first-order valence-electron chi connectivity index (χ1n) is 7.18. The molecule has 0 radical (unpaired) electrons. The molecule has 2 aliphatic carbocycles. The zero-order valence-corrected chi connectivity index (χ0v) is 11.9. The standard InChI is InChI=1S/C14H23NO7/c16-4-6-1-8(3-10(18)11(6)19)15-9-2-7(5-17)12(20)14(22)13(9)21/h1-2,8-22H,3-5H2/t8-,9-,10+,11+,12+,13-,14-/m0/s1. The predicted molar refractivity (Wildman–Crippen MR) is 75.7 cm³/mol. The van der Waals surface area contributed by atoms with Gasteiger partial charge in [0, 0.05) is 6.04 Å². The molecule has 7 atom stereocenters. The lowest BCUT2D eigenvalue weighted by molar-refractivity contribution is -0.0660. The van der Waals surface area contributed by atoms with Crippen molar-refractivity contribution in [3.63, 3.8) is 0 Å².